The van der Waals surface area contributed by atoms with Gasteiger partial charge in [0.25, 0.3) is 0 Å². The maximum absolute atomic E-state index is 11.9. The van der Waals surface area contributed by atoms with E-state index in [2.05, 4.69) is 16.3 Å². The Morgan fingerprint density at radius 3 is 3.05 bits per heavy atom. The first kappa shape index (κ1) is 11.9. The Labute approximate surface area is 111 Å². The predicted molar refractivity (Wildman–Crippen MR) is 69.7 cm³/mol. The highest BCUT2D eigenvalue weighted by molar-refractivity contribution is 5.86. The molecule has 1 aliphatic rings. The number of carbonyl (C=O) groups excluding carboxylic acids is 1. The Morgan fingerprint density at radius 1 is 1.37 bits per heavy atom. The molecule has 0 saturated heterocycles. The van der Waals surface area contributed by atoms with Crippen LogP contribution in [0.5, 0.6) is 0 Å². The van der Waals surface area contributed by atoms with Gasteiger partial charge in [0.05, 0.1) is 6.61 Å². The smallest absolute Gasteiger partial charge is 0.376 e. The summed E-state index contributed by atoms with van der Waals surface area (Å²) in [5.41, 5.74) is 2.31. The van der Waals surface area contributed by atoms with Crippen LogP contribution in [0, 0.1) is 0 Å². The molecule has 1 aliphatic heterocycles. The highest BCUT2D eigenvalue weighted by Crippen LogP contribution is 2.27. The molecule has 0 N–H and O–H groups in total. The van der Waals surface area contributed by atoms with Crippen molar-refractivity contribution in [3.8, 4) is 11.4 Å². The van der Waals surface area contributed by atoms with E-state index in [1.165, 1.54) is 5.56 Å². The lowest BCUT2D eigenvalue weighted by atomic mass is 10.0. The fourth-order valence-corrected chi connectivity index (χ4v) is 2.44. The van der Waals surface area contributed by atoms with Gasteiger partial charge in [0.2, 0.25) is 5.82 Å². The fourth-order valence-electron chi connectivity index (χ4n) is 2.44. The summed E-state index contributed by atoms with van der Waals surface area (Å²) in [5.74, 6) is 0.658. The average Bonchev–Trinajstić information content (AvgIpc) is 2.75. The number of carbonyl (C=O) groups is 1. The van der Waals surface area contributed by atoms with Gasteiger partial charge in [-0.2, -0.15) is 0 Å². The molecule has 1 aromatic heterocycles. The van der Waals surface area contributed by atoms with Gasteiger partial charge in [0.1, 0.15) is 0 Å². The van der Waals surface area contributed by atoms with Crippen LogP contribution in [-0.4, -0.2) is 27.3 Å². The van der Waals surface area contributed by atoms with E-state index in [1.807, 2.05) is 22.8 Å². The van der Waals surface area contributed by atoms with Gasteiger partial charge in [-0.05, 0) is 25.3 Å². The monoisotopic (exact) mass is 257 g/mol. The van der Waals surface area contributed by atoms with Crippen LogP contribution in [-0.2, 0) is 17.7 Å². The number of fused-ring (bicyclic) bond motifs is 3. The van der Waals surface area contributed by atoms with Crippen LogP contribution >= 0.6 is 0 Å². The van der Waals surface area contributed by atoms with E-state index >= 15 is 0 Å². The lowest BCUT2D eigenvalue weighted by Crippen LogP contribution is -2.14. The predicted octanol–water partition coefficient (Wildman–Crippen LogP) is 2.07. The molecule has 19 heavy (non-hydrogen) atoms. The van der Waals surface area contributed by atoms with E-state index in [0.717, 1.165) is 30.8 Å². The first-order valence-electron chi connectivity index (χ1n) is 6.50. The standard InChI is InChI=1S/C14H15N3O2/c1-2-19-14(18)13-16-15-12-11-8-4-3-6-10(11)7-5-9-17(12)13/h3-4,6,8H,2,5,7,9H2,1H3. The second-order valence-corrected chi connectivity index (χ2v) is 4.48. The zero-order chi connectivity index (χ0) is 13.2. The van der Waals surface area contributed by atoms with Gasteiger partial charge in [0.15, 0.2) is 5.82 Å². The molecule has 0 fully saturated rings. The average molecular weight is 257 g/mol. The minimum atomic E-state index is -0.402. The largest absolute Gasteiger partial charge is 0.460 e. The number of benzene rings is 1. The van der Waals surface area contributed by atoms with Crippen molar-refractivity contribution in [1.82, 2.24) is 14.8 Å². The van der Waals surface area contributed by atoms with Crippen molar-refractivity contribution in [1.29, 1.82) is 0 Å². The third-order valence-corrected chi connectivity index (χ3v) is 3.29. The number of hydrogen-bond acceptors (Lipinski definition) is 4. The van der Waals surface area contributed by atoms with Gasteiger partial charge in [-0.25, -0.2) is 4.79 Å². The number of esters is 1. The van der Waals surface area contributed by atoms with Crippen LogP contribution in [0.15, 0.2) is 24.3 Å². The lowest BCUT2D eigenvalue weighted by molar-refractivity contribution is 0.0506. The minimum Gasteiger partial charge on any atom is -0.460 e. The molecule has 5 nitrogen and oxygen atoms in total. The van der Waals surface area contributed by atoms with Crippen molar-refractivity contribution in [2.75, 3.05) is 6.61 Å². The Kier molecular flexibility index (Phi) is 3.03. The highest BCUT2D eigenvalue weighted by Gasteiger charge is 2.23. The number of ether oxygens (including phenoxy) is 1. The lowest BCUT2D eigenvalue weighted by Gasteiger charge is -2.06. The van der Waals surface area contributed by atoms with Crippen LogP contribution in [0.1, 0.15) is 29.5 Å². The van der Waals surface area contributed by atoms with Gasteiger partial charge in [0, 0.05) is 12.1 Å². The highest BCUT2D eigenvalue weighted by atomic mass is 16.5. The molecular formula is C14H15N3O2. The van der Waals surface area contributed by atoms with Crippen LogP contribution in [0.25, 0.3) is 11.4 Å². The maximum Gasteiger partial charge on any atom is 0.376 e. The number of nitrogens with zero attached hydrogens (tertiary/aromatic N) is 3. The Hall–Kier alpha value is -2.17. The van der Waals surface area contributed by atoms with Crippen molar-refractivity contribution >= 4 is 5.97 Å². The van der Waals surface area contributed by atoms with Gasteiger partial charge < -0.3 is 9.30 Å². The maximum atomic E-state index is 11.9. The third kappa shape index (κ3) is 2.01. The number of hydrogen-bond donors (Lipinski definition) is 0. The molecule has 3 rings (SSSR count). The summed E-state index contributed by atoms with van der Waals surface area (Å²) in [4.78, 5) is 11.9. The summed E-state index contributed by atoms with van der Waals surface area (Å²) in [5, 5.41) is 8.17. The zero-order valence-electron chi connectivity index (χ0n) is 10.8. The van der Waals surface area contributed by atoms with E-state index in [1.54, 1.807) is 6.92 Å². The topological polar surface area (TPSA) is 57.0 Å². The van der Waals surface area contributed by atoms with Crippen molar-refractivity contribution in [2.24, 2.45) is 0 Å². The number of rotatable bonds is 2. The Bertz CT molecular complexity index is 619. The SMILES string of the molecule is CCOC(=O)c1nnc2n1CCCc1ccccc1-2. The molecule has 2 heterocycles. The molecule has 1 aromatic carbocycles. The molecular weight excluding hydrogens is 242 g/mol. The molecule has 0 radical (unpaired) electrons. The second-order valence-electron chi connectivity index (χ2n) is 4.48. The van der Waals surface area contributed by atoms with E-state index in [0.29, 0.717) is 12.4 Å². The normalized spacial score (nSPS) is 13.3. The first-order chi connectivity index (χ1) is 9.31. The van der Waals surface area contributed by atoms with E-state index in [-0.39, 0.29) is 0 Å². The Morgan fingerprint density at radius 2 is 2.21 bits per heavy atom. The van der Waals surface area contributed by atoms with Crippen molar-refractivity contribution < 1.29 is 9.53 Å². The first-order valence-corrected chi connectivity index (χ1v) is 6.50. The number of aryl methyl sites for hydroxylation is 1. The zero-order valence-corrected chi connectivity index (χ0v) is 10.8. The quantitative estimate of drug-likeness (QED) is 0.773. The number of aromatic nitrogens is 3. The van der Waals surface area contributed by atoms with Gasteiger partial charge in [-0.3, -0.25) is 0 Å². The Balaban J connectivity index is 2.09. The molecule has 0 bridgehead atoms. The summed E-state index contributed by atoms with van der Waals surface area (Å²) < 4.78 is 6.88. The molecule has 98 valence electrons. The van der Waals surface area contributed by atoms with Crippen LogP contribution in [0.2, 0.25) is 0 Å². The fraction of sp³-hybridized carbons (Fsp3) is 0.357. The summed E-state index contributed by atoms with van der Waals surface area (Å²) in [7, 11) is 0. The van der Waals surface area contributed by atoms with Gasteiger partial charge >= 0.3 is 5.97 Å². The second kappa shape index (κ2) is 4.84. The molecule has 0 saturated carbocycles. The van der Waals surface area contributed by atoms with Crippen molar-refractivity contribution in [2.45, 2.75) is 26.3 Å². The molecule has 0 spiro atoms. The summed E-state index contributed by atoms with van der Waals surface area (Å²) in [6.45, 7) is 2.87. The van der Waals surface area contributed by atoms with E-state index in [4.69, 9.17) is 4.74 Å². The van der Waals surface area contributed by atoms with Crippen molar-refractivity contribution in [3.63, 3.8) is 0 Å². The van der Waals surface area contributed by atoms with Crippen LogP contribution in [0.4, 0.5) is 0 Å². The van der Waals surface area contributed by atoms with Crippen LogP contribution < -0.4 is 0 Å². The molecule has 0 aliphatic carbocycles. The minimum absolute atomic E-state index is 0.300. The third-order valence-electron chi connectivity index (χ3n) is 3.29. The van der Waals surface area contributed by atoms with Crippen LogP contribution in [0.3, 0.4) is 0 Å². The van der Waals surface area contributed by atoms with Gasteiger partial charge in [-0.1, -0.05) is 24.3 Å². The molecule has 0 atom stereocenters. The summed E-state index contributed by atoms with van der Waals surface area (Å²) in [6.07, 6.45) is 1.95. The van der Waals surface area contributed by atoms with E-state index in [9.17, 15) is 4.79 Å². The molecule has 0 unspecified atom stereocenters. The summed E-state index contributed by atoms with van der Waals surface area (Å²) in [6, 6.07) is 8.13. The molecule has 0 amide bonds. The summed E-state index contributed by atoms with van der Waals surface area (Å²) >= 11 is 0. The van der Waals surface area contributed by atoms with Crippen molar-refractivity contribution in [3.05, 3.63) is 35.7 Å². The molecule has 5 heteroatoms. The molecule has 2 aromatic rings. The van der Waals surface area contributed by atoms with E-state index < -0.39 is 5.97 Å². The van der Waals surface area contributed by atoms with Gasteiger partial charge in [-0.15, -0.1) is 10.2 Å².